The average Bonchev–Trinajstić information content (AvgIpc) is 2.27. The predicted octanol–water partition coefficient (Wildman–Crippen LogP) is 3.18. The summed E-state index contributed by atoms with van der Waals surface area (Å²) in [7, 11) is 0. The van der Waals surface area contributed by atoms with Gasteiger partial charge in [0.15, 0.2) is 0 Å². The molecule has 0 aliphatic heterocycles. The molecule has 19 heavy (non-hydrogen) atoms. The molecule has 0 aliphatic rings. The summed E-state index contributed by atoms with van der Waals surface area (Å²) in [5.74, 6) is 0. The maximum atomic E-state index is 12.4. The van der Waals surface area contributed by atoms with Crippen LogP contribution in [0.25, 0.3) is 0 Å². The summed E-state index contributed by atoms with van der Waals surface area (Å²) in [6.07, 6.45) is -5.68. The van der Waals surface area contributed by atoms with Crippen molar-refractivity contribution < 1.29 is 27.6 Å². The molecule has 0 aliphatic carbocycles. The number of halogens is 3. The second-order valence-corrected chi connectivity index (χ2v) is 3.33. The molecule has 9 heteroatoms. The van der Waals surface area contributed by atoms with E-state index in [4.69, 9.17) is 0 Å². The number of benzene rings is 1. The average molecular weight is 278 g/mol. The Morgan fingerprint density at radius 2 is 2.11 bits per heavy atom. The number of rotatable bonds is 3. The molecule has 1 N–H and O–H groups in total. The number of nitro benzene ring substituents is 1. The second kappa shape index (κ2) is 5.55. The highest BCUT2D eigenvalue weighted by Gasteiger charge is 2.33. The molecule has 0 atom stereocenters. The summed E-state index contributed by atoms with van der Waals surface area (Å²) in [5.41, 5.74) is -2.40. The molecule has 1 aromatic carbocycles. The standard InChI is InChI=1S/C10H9F3N2O4/c1-2-19-9(16)14-7-4-3-6(10(11,12)13)5-8(7)15(17)18/h3-5H,2H2,1H3,(H,14,16). The number of ether oxygens (including phenoxy) is 1. The number of nitro groups is 1. The lowest BCUT2D eigenvalue weighted by molar-refractivity contribution is -0.384. The fourth-order valence-corrected chi connectivity index (χ4v) is 1.24. The number of nitrogens with zero attached hydrogens (tertiary/aromatic N) is 1. The van der Waals surface area contributed by atoms with Crippen molar-refractivity contribution in [1.82, 2.24) is 0 Å². The van der Waals surface area contributed by atoms with Crippen molar-refractivity contribution in [2.45, 2.75) is 13.1 Å². The monoisotopic (exact) mass is 278 g/mol. The van der Waals surface area contributed by atoms with Gasteiger partial charge in [0.1, 0.15) is 5.69 Å². The van der Waals surface area contributed by atoms with Gasteiger partial charge < -0.3 is 4.74 Å². The van der Waals surface area contributed by atoms with Gasteiger partial charge in [0, 0.05) is 6.07 Å². The summed E-state index contributed by atoms with van der Waals surface area (Å²) < 4.78 is 41.7. The van der Waals surface area contributed by atoms with Crippen LogP contribution in [-0.2, 0) is 10.9 Å². The Bertz CT molecular complexity index is 502. The molecule has 1 aromatic rings. The number of amides is 1. The third kappa shape index (κ3) is 3.83. The molecular weight excluding hydrogens is 269 g/mol. The van der Waals surface area contributed by atoms with Gasteiger partial charge in [-0.2, -0.15) is 13.2 Å². The minimum absolute atomic E-state index is 0.0280. The van der Waals surface area contributed by atoms with Crippen molar-refractivity contribution in [2.75, 3.05) is 11.9 Å². The third-order valence-electron chi connectivity index (χ3n) is 2.03. The van der Waals surface area contributed by atoms with E-state index < -0.39 is 28.4 Å². The third-order valence-corrected chi connectivity index (χ3v) is 2.03. The van der Waals surface area contributed by atoms with Crippen molar-refractivity contribution >= 4 is 17.5 Å². The van der Waals surface area contributed by atoms with Crippen LogP contribution in [0.5, 0.6) is 0 Å². The topological polar surface area (TPSA) is 81.5 Å². The van der Waals surface area contributed by atoms with E-state index in [-0.39, 0.29) is 12.3 Å². The first-order valence-corrected chi connectivity index (χ1v) is 5.05. The molecule has 6 nitrogen and oxygen atoms in total. The lowest BCUT2D eigenvalue weighted by atomic mass is 10.1. The first kappa shape index (κ1) is 14.7. The second-order valence-electron chi connectivity index (χ2n) is 3.33. The van der Waals surface area contributed by atoms with Gasteiger partial charge >= 0.3 is 12.3 Å². The summed E-state index contributed by atoms with van der Waals surface area (Å²) in [6, 6.07) is 1.79. The molecular formula is C10H9F3N2O4. The SMILES string of the molecule is CCOC(=O)Nc1ccc(C(F)(F)F)cc1[N+](=O)[O-]. The van der Waals surface area contributed by atoms with Crippen LogP contribution in [0.15, 0.2) is 18.2 Å². The van der Waals surface area contributed by atoms with E-state index >= 15 is 0 Å². The Labute approximate surface area is 105 Å². The summed E-state index contributed by atoms with van der Waals surface area (Å²) >= 11 is 0. The van der Waals surface area contributed by atoms with E-state index in [0.29, 0.717) is 12.1 Å². The normalized spacial score (nSPS) is 10.9. The van der Waals surface area contributed by atoms with Gasteiger partial charge in [-0.25, -0.2) is 4.79 Å². The summed E-state index contributed by atoms with van der Waals surface area (Å²) in [6.45, 7) is 1.54. The van der Waals surface area contributed by atoms with Crippen LogP contribution in [0.3, 0.4) is 0 Å². The molecule has 0 bridgehead atoms. The fraction of sp³-hybridized carbons (Fsp3) is 0.300. The molecule has 104 valence electrons. The lowest BCUT2D eigenvalue weighted by Gasteiger charge is -2.09. The zero-order valence-corrected chi connectivity index (χ0v) is 9.65. The molecule has 0 radical (unpaired) electrons. The van der Waals surface area contributed by atoms with Crippen molar-refractivity contribution in [1.29, 1.82) is 0 Å². The van der Waals surface area contributed by atoms with Gasteiger partial charge in [0.25, 0.3) is 5.69 Å². The molecule has 0 saturated carbocycles. The van der Waals surface area contributed by atoms with Crippen LogP contribution >= 0.6 is 0 Å². The molecule has 0 spiro atoms. The van der Waals surface area contributed by atoms with E-state index in [9.17, 15) is 28.1 Å². The molecule has 0 aromatic heterocycles. The van der Waals surface area contributed by atoms with Gasteiger partial charge in [-0.15, -0.1) is 0 Å². The number of nitrogens with one attached hydrogen (secondary N) is 1. The van der Waals surface area contributed by atoms with Crippen LogP contribution in [0.1, 0.15) is 12.5 Å². The molecule has 0 heterocycles. The van der Waals surface area contributed by atoms with Crippen molar-refractivity contribution in [2.24, 2.45) is 0 Å². The first-order chi connectivity index (χ1) is 8.75. The molecule has 0 saturated heterocycles. The van der Waals surface area contributed by atoms with Crippen molar-refractivity contribution in [3.05, 3.63) is 33.9 Å². The fourth-order valence-electron chi connectivity index (χ4n) is 1.24. The number of hydrogen-bond acceptors (Lipinski definition) is 4. The summed E-state index contributed by atoms with van der Waals surface area (Å²) in [5, 5.41) is 12.7. The molecule has 1 amide bonds. The first-order valence-electron chi connectivity index (χ1n) is 5.05. The van der Waals surface area contributed by atoms with Gasteiger partial charge in [-0.1, -0.05) is 0 Å². The molecule has 0 fully saturated rings. The van der Waals surface area contributed by atoms with Gasteiger partial charge in [-0.05, 0) is 19.1 Å². The molecule has 0 unspecified atom stereocenters. The van der Waals surface area contributed by atoms with Crippen LogP contribution in [0.4, 0.5) is 29.3 Å². The predicted molar refractivity (Wildman–Crippen MR) is 58.7 cm³/mol. The highest BCUT2D eigenvalue weighted by molar-refractivity contribution is 5.87. The highest BCUT2D eigenvalue weighted by atomic mass is 19.4. The lowest BCUT2D eigenvalue weighted by Crippen LogP contribution is -2.15. The van der Waals surface area contributed by atoms with Crippen LogP contribution < -0.4 is 5.32 Å². The Balaban J connectivity index is 3.12. The Kier molecular flexibility index (Phi) is 4.30. The number of alkyl halides is 3. The van der Waals surface area contributed by atoms with E-state index in [2.05, 4.69) is 4.74 Å². The number of carbonyl (C=O) groups is 1. The van der Waals surface area contributed by atoms with E-state index in [1.54, 1.807) is 0 Å². The van der Waals surface area contributed by atoms with Crippen molar-refractivity contribution in [3.63, 3.8) is 0 Å². The number of anilines is 1. The zero-order valence-electron chi connectivity index (χ0n) is 9.65. The van der Waals surface area contributed by atoms with E-state index in [1.807, 2.05) is 5.32 Å². The largest absolute Gasteiger partial charge is 0.450 e. The minimum Gasteiger partial charge on any atom is -0.450 e. The minimum atomic E-state index is -4.70. The highest BCUT2D eigenvalue weighted by Crippen LogP contribution is 2.34. The van der Waals surface area contributed by atoms with Crippen LogP contribution in [0.2, 0.25) is 0 Å². The number of hydrogen-bond donors (Lipinski definition) is 1. The smallest absolute Gasteiger partial charge is 0.416 e. The van der Waals surface area contributed by atoms with Crippen LogP contribution in [-0.4, -0.2) is 17.6 Å². The maximum absolute atomic E-state index is 12.4. The Morgan fingerprint density at radius 1 is 1.47 bits per heavy atom. The maximum Gasteiger partial charge on any atom is 0.416 e. The number of carbonyl (C=O) groups excluding carboxylic acids is 1. The van der Waals surface area contributed by atoms with E-state index in [0.717, 1.165) is 6.07 Å². The Hall–Kier alpha value is -2.32. The van der Waals surface area contributed by atoms with Gasteiger partial charge in [-0.3, -0.25) is 15.4 Å². The van der Waals surface area contributed by atoms with Gasteiger partial charge in [0.2, 0.25) is 0 Å². The van der Waals surface area contributed by atoms with Crippen LogP contribution in [0, 0.1) is 10.1 Å². The van der Waals surface area contributed by atoms with Gasteiger partial charge in [0.05, 0.1) is 17.1 Å². The summed E-state index contributed by atoms with van der Waals surface area (Å²) in [4.78, 5) is 20.8. The quantitative estimate of drug-likeness (QED) is 0.680. The van der Waals surface area contributed by atoms with Crippen molar-refractivity contribution in [3.8, 4) is 0 Å². The van der Waals surface area contributed by atoms with E-state index in [1.165, 1.54) is 6.92 Å². The molecule has 1 rings (SSSR count). The Morgan fingerprint density at radius 3 is 2.58 bits per heavy atom. The zero-order chi connectivity index (χ0) is 14.6.